The maximum absolute atomic E-state index is 12.5. The van der Waals surface area contributed by atoms with Gasteiger partial charge in [0.2, 0.25) is 0 Å². The minimum atomic E-state index is -0.367. The Labute approximate surface area is 218 Å². The van der Waals surface area contributed by atoms with E-state index in [9.17, 15) is 4.79 Å². The highest BCUT2D eigenvalue weighted by molar-refractivity contribution is 9.10. The van der Waals surface area contributed by atoms with Gasteiger partial charge in [0.05, 0.1) is 17.8 Å². The van der Waals surface area contributed by atoms with E-state index in [0.29, 0.717) is 30.3 Å². The van der Waals surface area contributed by atoms with Gasteiger partial charge in [0.25, 0.3) is 5.91 Å². The summed E-state index contributed by atoms with van der Waals surface area (Å²) in [6, 6.07) is 25.0. The quantitative estimate of drug-likeness (QED) is 0.140. The van der Waals surface area contributed by atoms with Crippen molar-refractivity contribution in [3.05, 3.63) is 113 Å². The molecule has 0 heterocycles. The van der Waals surface area contributed by atoms with Crippen molar-refractivity contribution >= 4 is 38.8 Å². The monoisotopic (exact) mass is 544 g/mol. The Morgan fingerprint density at radius 2 is 1.78 bits per heavy atom. The summed E-state index contributed by atoms with van der Waals surface area (Å²) < 4.78 is 17.7. The summed E-state index contributed by atoms with van der Waals surface area (Å²) >= 11 is 3.56. The maximum atomic E-state index is 12.5. The third-order valence-electron chi connectivity index (χ3n) is 5.38. The average Bonchev–Trinajstić information content (AvgIpc) is 2.91. The number of hydrogen-bond acceptors (Lipinski definition) is 5. The zero-order chi connectivity index (χ0) is 25.3. The molecule has 0 unspecified atom stereocenters. The molecular formula is C29H25BrN2O4. The Kier molecular flexibility index (Phi) is 8.36. The molecule has 0 aromatic heterocycles. The number of rotatable bonds is 10. The van der Waals surface area contributed by atoms with Crippen LogP contribution in [0.15, 0.2) is 101 Å². The number of methoxy groups -OCH3 is 1. The Morgan fingerprint density at radius 1 is 0.972 bits per heavy atom. The van der Waals surface area contributed by atoms with Gasteiger partial charge in [0.1, 0.15) is 19.0 Å². The number of fused-ring (bicyclic) bond motifs is 1. The third-order valence-corrected chi connectivity index (χ3v) is 6.00. The van der Waals surface area contributed by atoms with Crippen LogP contribution in [-0.4, -0.2) is 25.8 Å². The Balaban J connectivity index is 1.37. The van der Waals surface area contributed by atoms with Crippen LogP contribution < -0.4 is 19.6 Å². The van der Waals surface area contributed by atoms with Crippen LogP contribution in [0.1, 0.15) is 21.5 Å². The summed E-state index contributed by atoms with van der Waals surface area (Å²) in [5.41, 5.74) is 4.84. The molecule has 4 aromatic rings. The number of nitrogens with zero attached hydrogens (tertiary/aromatic N) is 1. The van der Waals surface area contributed by atoms with E-state index in [1.807, 2.05) is 36.4 Å². The molecule has 36 heavy (non-hydrogen) atoms. The predicted octanol–water partition coefficient (Wildman–Crippen LogP) is 6.52. The van der Waals surface area contributed by atoms with Crippen molar-refractivity contribution in [2.24, 2.45) is 5.10 Å². The molecule has 4 rings (SSSR count). The standard InChI is InChI=1S/C29H25BrN2O4/c1-3-15-35-27-14-12-22(17-28(27)34-2)29(33)32-31-18-20-11-13-26(25(30)16-20)36-19-23-9-6-8-21-7-4-5-10-24(21)23/h3-14,16-18H,1,15,19H2,2H3,(H,32,33)/b31-18+. The molecule has 7 heteroatoms. The zero-order valence-electron chi connectivity index (χ0n) is 19.7. The molecule has 0 bridgehead atoms. The van der Waals surface area contributed by atoms with Gasteiger partial charge in [-0.3, -0.25) is 4.79 Å². The van der Waals surface area contributed by atoms with E-state index in [0.717, 1.165) is 21.3 Å². The molecule has 0 spiro atoms. The lowest BCUT2D eigenvalue weighted by molar-refractivity contribution is 0.0954. The van der Waals surface area contributed by atoms with Crippen LogP contribution >= 0.6 is 15.9 Å². The molecule has 0 saturated heterocycles. The summed E-state index contributed by atoms with van der Waals surface area (Å²) in [7, 11) is 1.52. The van der Waals surface area contributed by atoms with Gasteiger partial charge in [-0.15, -0.1) is 0 Å². The molecule has 0 saturated carbocycles. The molecule has 0 radical (unpaired) electrons. The number of hydrazone groups is 1. The van der Waals surface area contributed by atoms with Crippen molar-refractivity contribution in [1.82, 2.24) is 5.43 Å². The molecule has 0 fully saturated rings. The van der Waals surface area contributed by atoms with Crippen molar-refractivity contribution in [3.8, 4) is 17.2 Å². The first kappa shape index (κ1) is 25.0. The zero-order valence-corrected chi connectivity index (χ0v) is 21.3. The molecule has 0 atom stereocenters. The van der Waals surface area contributed by atoms with Gasteiger partial charge in [-0.05, 0) is 74.2 Å². The molecule has 0 aliphatic carbocycles. The number of halogens is 1. The average molecular weight is 545 g/mol. The van der Waals surface area contributed by atoms with Gasteiger partial charge in [-0.2, -0.15) is 5.10 Å². The summed E-state index contributed by atoms with van der Waals surface area (Å²) in [6.45, 7) is 4.41. The fourth-order valence-electron chi connectivity index (χ4n) is 3.60. The number of nitrogens with one attached hydrogen (secondary N) is 1. The van der Waals surface area contributed by atoms with Gasteiger partial charge >= 0.3 is 0 Å². The van der Waals surface area contributed by atoms with E-state index in [-0.39, 0.29) is 5.91 Å². The molecule has 0 aliphatic rings. The summed E-state index contributed by atoms with van der Waals surface area (Å²) in [6.07, 6.45) is 3.20. The second-order valence-electron chi connectivity index (χ2n) is 7.78. The van der Waals surface area contributed by atoms with E-state index in [4.69, 9.17) is 14.2 Å². The molecule has 182 valence electrons. The fourth-order valence-corrected chi connectivity index (χ4v) is 4.11. The lowest BCUT2D eigenvalue weighted by Gasteiger charge is -2.11. The number of ether oxygens (including phenoxy) is 3. The van der Waals surface area contributed by atoms with Crippen molar-refractivity contribution in [1.29, 1.82) is 0 Å². The Bertz CT molecular complexity index is 1410. The second-order valence-corrected chi connectivity index (χ2v) is 8.64. The highest BCUT2D eigenvalue weighted by Crippen LogP contribution is 2.29. The number of benzene rings is 4. The third kappa shape index (κ3) is 6.12. The van der Waals surface area contributed by atoms with Gasteiger partial charge < -0.3 is 14.2 Å². The van der Waals surface area contributed by atoms with E-state index >= 15 is 0 Å². The largest absolute Gasteiger partial charge is 0.493 e. The number of hydrogen-bond donors (Lipinski definition) is 1. The normalized spacial score (nSPS) is 10.8. The minimum Gasteiger partial charge on any atom is -0.493 e. The smallest absolute Gasteiger partial charge is 0.271 e. The molecule has 1 N–H and O–H groups in total. The highest BCUT2D eigenvalue weighted by Gasteiger charge is 2.11. The fraction of sp³-hybridized carbons (Fsp3) is 0.103. The van der Waals surface area contributed by atoms with Crippen LogP contribution in [0, 0.1) is 0 Å². The van der Waals surface area contributed by atoms with Gasteiger partial charge in [0.15, 0.2) is 11.5 Å². The highest BCUT2D eigenvalue weighted by atomic mass is 79.9. The molecule has 4 aromatic carbocycles. The van der Waals surface area contributed by atoms with E-state index < -0.39 is 0 Å². The van der Waals surface area contributed by atoms with Crippen molar-refractivity contribution < 1.29 is 19.0 Å². The SMILES string of the molecule is C=CCOc1ccc(C(=O)N/N=C/c2ccc(OCc3cccc4ccccc34)c(Br)c2)cc1OC. The minimum absolute atomic E-state index is 0.342. The van der Waals surface area contributed by atoms with Crippen molar-refractivity contribution in [3.63, 3.8) is 0 Å². The van der Waals surface area contributed by atoms with Crippen LogP contribution in [0.4, 0.5) is 0 Å². The molecule has 1 amide bonds. The van der Waals surface area contributed by atoms with Crippen molar-refractivity contribution in [2.45, 2.75) is 6.61 Å². The van der Waals surface area contributed by atoms with Gasteiger partial charge in [-0.25, -0.2) is 5.43 Å². The lowest BCUT2D eigenvalue weighted by atomic mass is 10.1. The molecular weight excluding hydrogens is 520 g/mol. The number of carbonyl (C=O) groups excluding carboxylic acids is 1. The van der Waals surface area contributed by atoms with Crippen LogP contribution in [0.2, 0.25) is 0 Å². The Hall–Kier alpha value is -4.10. The molecule has 6 nitrogen and oxygen atoms in total. The first-order valence-corrected chi connectivity index (χ1v) is 12.0. The molecule has 0 aliphatic heterocycles. The van der Waals surface area contributed by atoms with E-state index in [2.05, 4.69) is 57.3 Å². The lowest BCUT2D eigenvalue weighted by Crippen LogP contribution is -2.17. The van der Waals surface area contributed by atoms with Gasteiger partial charge in [-0.1, -0.05) is 55.1 Å². The van der Waals surface area contributed by atoms with Crippen molar-refractivity contribution in [2.75, 3.05) is 13.7 Å². The topological polar surface area (TPSA) is 69.2 Å². The number of carbonyl (C=O) groups is 1. The predicted molar refractivity (Wildman–Crippen MR) is 146 cm³/mol. The van der Waals surface area contributed by atoms with E-state index in [1.165, 1.54) is 17.9 Å². The van der Waals surface area contributed by atoms with Crippen LogP contribution in [0.3, 0.4) is 0 Å². The van der Waals surface area contributed by atoms with Crippen LogP contribution in [-0.2, 0) is 6.61 Å². The van der Waals surface area contributed by atoms with E-state index in [1.54, 1.807) is 30.5 Å². The number of amides is 1. The van der Waals surface area contributed by atoms with Gasteiger partial charge in [0, 0.05) is 5.56 Å². The maximum Gasteiger partial charge on any atom is 0.271 e. The van der Waals surface area contributed by atoms with Crippen LogP contribution in [0.25, 0.3) is 10.8 Å². The second kappa shape index (κ2) is 12.0. The van der Waals surface area contributed by atoms with Crippen LogP contribution in [0.5, 0.6) is 17.2 Å². The Morgan fingerprint density at radius 3 is 2.58 bits per heavy atom. The summed E-state index contributed by atoms with van der Waals surface area (Å²) in [4.78, 5) is 12.5. The summed E-state index contributed by atoms with van der Waals surface area (Å²) in [5.74, 6) is 1.34. The summed E-state index contributed by atoms with van der Waals surface area (Å²) in [5, 5.41) is 6.43. The first-order valence-electron chi connectivity index (χ1n) is 11.2. The first-order chi connectivity index (χ1) is 17.6.